The summed E-state index contributed by atoms with van der Waals surface area (Å²) in [6.07, 6.45) is 1.39. The van der Waals surface area contributed by atoms with E-state index in [1.165, 1.54) is 11.9 Å². The zero-order valence-electron chi connectivity index (χ0n) is 5.13. The molecule has 0 spiro atoms. The van der Waals surface area contributed by atoms with E-state index in [2.05, 4.69) is 19.4 Å². The summed E-state index contributed by atoms with van der Waals surface area (Å²) in [5.41, 5.74) is 0. The molecule has 0 aliphatic rings. The second-order valence-electron chi connectivity index (χ2n) is 1.52. The normalized spacial score (nSPS) is 13.4. The van der Waals surface area contributed by atoms with E-state index in [0.29, 0.717) is 6.10 Å². The third-order valence-corrected chi connectivity index (χ3v) is 1.62. The third-order valence-electron chi connectivity index (χ3n) is 0.838. The molecule has 0 aromatic heterocycles. The van der Waals surface area contributed by atoms with Crippen LogP contribution < -0.4 is 0 Å². The second kappa shape index (κ2) is 5.85. The van der Waals surface area contributed by atoms with Crippen molar-refractivity contribution in [2.45, 2.75) is 26.4 Å². The Morgan fingerprint density at radius 3 is 2.88 bits per heavy atom. The molecule has 1 unspecified atom stereocenters. The average Bonchev–Trinajstić information content (AvgIpc) is 1.83. The SMILES string of the molecule is CCC(C)OS[B]S. The van der Waals surface area contributed by atoms with E-state index in [0.717, 1.165) is 6.42 Å². The smallest absolute Gasteiger partial charge is 0.302 e. The molecule has 0 rings (SSSR count). The Kier molecular flexibility index (Phi) is 6.38. The highest BCUT2D eigenvalue weighted by Crippen LogP contribution is 2.07. The van der Waals surface area contributed by atoms with E-state index in [4.69, 9.17) is 4.18 Å². The van der Waals surface area contributed by atoms with Gasteiger partial charge in [0, 0.05) is 0 Å². The van der Waals surface area contributed by atoms with Crippen LogP contribution in [-0.2, 0) is 4.18 Å². The van der Waals surface area contributed by atoms with Gasteiger partial charge in [-0.2, -0.15) is 0 Å². The Labute approximate surface area is 61.2 Å². The highest BCUT2D eigenvalue weighted by molar-refractivity contribution is 8.42. The van der Waals surface area contributed by atoms with Crippen LogP contribution in [0.5, 0.6) is 0 Å². The average molecular weight is 149 g/mol. The molecule has 0 aliphatic heterocycles. The molecule has 47 valence electrons. The summed E-state index contributed by atoms with van der Waals surface area (Å²) in [4.78, 5) is 0. The van der Waals surface area contributed by atoms with Crippen LogP contribution in [0.1, 0.15) is 20.3 Å². The molecule has 4 heteroatoms. The van der Waals surface area contributed by atoms with Gasteiger partial charge in [0.25, 0.3) is 0 Å². The van der Waals surface area contributed by atoms with Crippen LogP contribution >= 0.6 is 24.4 Å². The van der Waals surface area contributed by atoms with Gasteiger partial charge in [-0.1, -0.05) is 18.8 Å². The minimum atomic E-state index is 0.336. The van der Waals surface area contributed by atoms with Gasteiger partial charge in [-0.3, -0.25) is 0 Å². The van der Waals surface area contributed by atoms with Crippen molar-refractivity contribution in [1.29, 1.82) is 0 Å². The van der Waals surface area contributed by atoms with Crippen LogP contribution in [0.15, 0.2) is 0 Å². The van der Waals surface area contributed by atoms with Crippen molar-refractivity contribution >= 4 is 30.2 Å². The molecule has 0 fully saturated rings. The monoisotopic (exact) mass is 149 g/mol. The molecular formula is C4H10BOS2. The Balaban J connectivity index is 2.86. The number of rotatable bonds is 4. The topological polar surface area (TPSA) is 9.23 Å². The molecule has 0 aromatic carbocycles. The maximum atomic E-state index is 5.12. The predicted molar refractivity (Wildman–Crippen MR) is 43.2 cm³/mol. The minimum absolute atomic E-state index is 0.336. The van der Waals surface area contributed by atoms with Gasteiger partial charge in [-0.15, -0.1) is 0 Å². The Bertz CT molecular complexity index is 53.3. The van der Waals surface area contributed by atoms with Gasteiger partial charge in [0.1, 0.15) is 0 Å². The first kappa shape index (κ1) is 8.72. The molecule has 0 bridgehead atoms. The van der Waals surface area contributed by atoms with Crippen molar-refractivity contribution in [3.63, 3.8) is 0 Å². The summed E-state index contributed by atoms with van der Waals surface area (Å²) in [6.45, 7) is 4.12. The Hall–Kier alpha value is 0.725. The number of hydrogen-bond acceptors (Lipinski definition) is 3. The summed E-state index contributed by atoms with van der Waals surface area (Å²) >= 11 is 5.13. The molecule has 1 radical (unpaired) electrons. The minimum Gasteiger partial charge on any atom is -0.324 e. The molecule has 0 aliphatic carbocycles. The first-order valence-corrected chi connectivity index (χ1v) is 3.91. The lowest BCUT2D eigenvalue weighted by molar-refractivity contribution is 0.263. The largest absolute Gasteiger partial charge is 0.324 e. The van der Waals surface area contributed by atoms with Gasteiger partial charge in [0.2, 0.25) is 0 Å². The summed E-state index contributed by atoms with van der Waals surface area (Å²) < 4.78 is 5.12. The maximum absolute atomic E-state index is 5.12. The van der Waals surface area contributed by atoms with Crippen LogP contribution in [0.2, 0.25) is 0 Å². The molecule has 0 aromatic rings. The molecule has 1 atom stereocenters. The highest BCUT2D eigenvalue weighted by Gasteiger charge is 1.95. The quantitative estimate of drug-likeness (QED) is 0.371. The molecule has 1 nitrogen and oxygen atoms in total. The van der Waals surface area contributed by atoms with Crippen molar-refractivity contribution < 1.29 is 4.18 Å². The summed E-state index contributed by atoms with van der Waals surface area (Å²) in [6, 6.07) is 0. The van der Waals surface area contributed by atoms with Gasteiger partial charge in [-0.25, -0.2) is 12.5 Å². The van der Waals surface area contributed by atoms with E-state index in [1.807, 2.05) is 6.92 Å². The summed E-state index contributed by atoms with van der Waals surface area (Å²) in [5.74, 6) is 1.63. The fourth-order valence-corrected chi connectivity index (χ4v) is 0.712. The van der Waals surface area contributed by atoms with E-state index in [9.17, 15) is 0 Å². The fraction of sp³-hybridized carbons (Fsp3) is 1.00. The van der Waals surface area contributed by atoms with Gasteiger partial charge in [0.05, 0.1) is 6.10 Å². The van der Waals surface area contributed by atoms with E-state index in [1.54, 1.807) is 5.84 Å². The van der Waals surface area contributed by atoms with Gasteiger partial charge < -0.3 is 4.18 Å². The lowest BCUT2D eigenvalue weighted by Gasteiger charge is -2.05. The van der Waals surface area contributed by atoms with Crippen LogP contribution in [0.3, 0.4) is 0 Å². The fourth-order valence-electron chi connectivity index (χ4n) is 0.188. The van der Waals surface area contributed by atoms with Crippen molar-refractivity contribution in [1.82, 2.24) is 0 Å². The van der Waals surface area contributed by atoms with Crippen molar-refractivity contribution in [3.8, 4) is 0 Å². The van der Waals surface area contributed by atoms with Crippen molar-refractivity contribution in [2.24, 2.45) is 0 Å². The predicted octanol–water partition coefficient (Wildman–Crippen LogP) is 1.91. The number of thiol groups is 1. The van der Waals surface area contributed by atoms with Crippen molar-refractivity contribution in [2.75, 3.05) is 0 Å². The molecule has 0 saturated carbocycles. The standard InChI is InChI=1S/C4H10BOS2/c1-3-4(2)6-8-5-7/h4,7H,3H2,1-2H3. The van der Waals surface area contributed by atoms with Crippen LogP contribution in [0.4, 0.5) is 0 Å². The Morgan fingerprint density at radius 1 is 1.88 bits per heavy atom. The van der Waals surface area contributed by atoms with Gasteiger partial charge in [-0.05, 0) is 13.3 Å². The molecule has 0 N–H and O–H groups in total. The number of hydrogen-bond donors (Lipinski definition) is 1. The molecule has 0 saturated heterocycles. The van der Waals surface area contributed by atoms with Gasteiger partial charge in [0.15, 0.2) is 0 Å². The Morgan fingerprint density at radius 2 is 2.50 bits per heavy atom. The zero-order chi connectivity index (χ0) is 6.41. The first-order valence-electron chi connectivity index (χ1n) is 2.59. The lowest BCUT2D eigenvalue weighted by atomic mass is 10.3. The molecule has 8 heavy (non-hydrogen) atoms. The van der Waals surface area contributed by atoms with Crippen LogP contribution in [-0.4, -0.2) is 11.9 Å². The highest BCUT2D eigenvalue weighted by atomic mass is 32.2. The lowest BCUT2D eigenvalue weighted by Crippen LogP contribution is -1.99. The molecule has 0 heterocycles. The van der Waals surface area contributed by atoms with Crippen LogP contribution in [0, 0.1) is 0 Å². The molecule has 0 amide bonds. The van der Waals surface area contributed by atoms with E-state index < -0.39 is 0 Å². The zero-order valence-corrected chi connectivity index (χ0v) is 6.84. The summed E-state index contributed by atoms with van der Waals surface area (Å²) in [7, 11) is 0. The summed E-state index contributed by atoms with van der Waals surface area (Å²) in [5, 5.41) is 0. The van der Waals surface area contributed by atoms with E-state index >= 15 is 0 Å². The third kappa shape index (κ3) is 4.87. The van der Waals surface area contributed by atoms with E-state index in [-0.39, 0.29) is 0 Å². The van der Waals surface area contributed by atoms with Gasteiger partial charge >= 0.3 is 5.84 Å². The second-order valence-corrected chi connectivity index (χ2v) is 2.74. The van der Waals surface area contributed by atoms with Crippen molar-refractivity contribution in [3.05, 3.63) is 0 Å². The van der Waals surface area contributed by atoms with Crippen LogP contribution in [0.25, 0.3) is 0 Å². The maximum Gasteiger partial charge on any atom is 0.302 e. The first-order chi connectivity index (χ1) is 3.81. The molecular weight excluding hydrogens is 139 g/mol.